The van der Waals surface area contributed by atoms with Crippen molar-refractivity contribution in [2.45, 2.75) is 25.7 Å². The van der Waals surface area contributed by atoms with Gasteiger partial charge in [0.25, 0.3) is 0 Å². The summed E-state index contributed by atoms with van der Waals surface area (Å²) in [4.78, 5) is 0. The Morgan fingerprint density at radius 2 is 2.22 bits per heavy atom. The molecule has 1 aromatic carbocycles. The Morgan fingerprint density at radius 1 is 1.28 bits per heavy atom. The lowest BCUT2D eigenvalue weighted by Crippen LogP contribution is -2.20. The summed E-state index contributed by atoms with van der Waals surface area (Å²) in [7, 11) is 1.74. The van der Waals surface area contributed by atoms with Gasteiger partial charge in [0.05, 0.1) is 13.2 Å². The molecule has 0 saturated heterocycles. The summed E-state index contributed by atoms with van der Waals surface area (Å²) in [6, 6.07) is 6.62. The van der Waals surface area contributed by atoms with Gasteiger partial charge >= 0.3 is 0 Å². The fourth-order valence-corrected chi connectivity index (χ4v) is 2.27. The third-order valence-electron chi connectivity index (χ3n) is 3.31. The van der Waals surface area contributed by atoms with Crippen molar-refractivity contribution in [3.8, 4) is 5.75 Å². The molecule has 100 valence electrons. The maximum absolute atomic E-state index is 5.51. The van der Waals surface area contributed by atoms with E-state index in [2.05, 4.69) is 23.5 Å². The second-order valence-corrected chi connectivity index (χ2v) is 4.74. The predicted octanol–water partition coefficient (Wildman–Crippen LogP) is 2.18. The first-order valence-corrected chi connectivity index (χ1v) is 6.84. The number of ether oxygens (including phenoxy) is 2. The second-order valence-electron chi connectivity index (χ2n) is 4.74. The van der Waals surface area contributed by atoms with E-state index < -0.39 is 0 Å². The topological polar surface area (TPSA) is 30.5 Å². The van der Waals surface area contributed by atoms with E-state index in [1.165, 1.54) is 30.4 Å². The summed E-state index contributed by atoms with van der Waals surface area (Å²) >= 11 is 0. The standard InChI is InChI=1S/C15H23NO2/c1-17-11-9-16-8-3-2-4-13-5-6-15-14(12-13)7-10-18-15/h5-6,12,16H,2-4,7-11H2,1H3. The van der Waals surface area contributed by atoms with Crippen LogP contribution < -0.4 is 10.1 Å². The van der Waals surface area contributed by atoms with Crippen molar-refractivity contribution in [2.75, 3.05) is 33.4 Å². The van der Waals surface area contributed by atoms with Gasteiger partial charge in [-0.05, 0) is 43.0 Å². The molecule has 0 spiro atoms. The molecule has 0 atom stereocenters. The van der Waals surface area contributed by atoms with Gasteiger partial charge in [0, 0.05) is 20.1 Å². The van der Waals surface area contributed by atoms with Crippen LogP contribution in [0, 0.1) is 0 Å². The Bertz CT molecular complexity index is 366. The van der Waals surface area contributed by atoms with Crippen molar-refractivity contribution in [2.24, 2.45) is 0 Å². The smallest absolute Gasteiger partial charge is 0.122 e. The van der Waals surface area contributed by atoms with E-state index in [0.29, 0.717) is 0 Å². The number of unbranched alkanes of at least 4 members (excludes halogenated alkanes) is 1. The average molecular weight is 249 g/mol. The van der Waals surface area contributed by atoms with Crippen LogP contribution in [0.4, 0.5) is 0 Å². The lowest BCUT2D eigenvalue weighted by atomic mass is 10.0. The summed E-state index contributed by atoms with van der Waals surface area (Å²) in [5.41, 5.74) is 2.82. The SMILES string of the molecule is COCCNCCCCc1ccc2c(c1)CCO2. The van der Waals surface area contributed by atoms with Gasteiger partial charge in [0.15, 0.2) is 0 Å². The highest BCUT2D eigenvalue weighted by Crippen LogP contribution is 2.26. The van der Waals surface area contributed by atoms with E-state index in [4.69, 9.17) is 9.47 Å². The minimum atomic E-state index is 0.796. The fraction of sp³-hybridized carbons (Fsp3) is 0.600. The lowest BCUT2D eigenvalue weighted by molar-refractivity contribution is 0.199. The molecule has 0 saturated carbocycles. The molecule has 0 aliphatic carbocycles. The number of rotatable bonds is 8. The number of hydrogen-bond acceptors (Lipinski definition) is 3. The molecule has 1 heterocycles. The zero-order chi connectivity index (χ0) is 12.6. The Morgan fingerprint density at radius 3 is 3.11 bits per heavy atom. The van der Waals surface area contributed by atoms with Gasteiger partial charge in [-0.1, -0.05) is 12.1 Å². The van der Waals surface area contributed by atoms with Gasteiger partial charge in [-0.15, -0.1) is 0 Å². The van der Waals surface area contributed by atoms with E-state index in [0.717, 1.165) is 38.5 Å². The van der Waals surface area contributed by atoms with Gasteiger partial charge < -0.3 is 14.8 Å². The van der Waals surface area contributed by atoms with Gasteiger partial charge in [-0.3, -0.25) is 0 Å². The van der Waals surface area contributed by atoms with Crippen LogP contribution >= 0.6 is 0 Å². The van der Waals surface area contributed by atoms with Crippen LogP contribution in [0.25, 0.3) is 0 Å². The van der Waals surface area contributed by atoms with Crippen LogP contribution in [0.1, 0.15) is 24.0 Å². The molecule has 3 nitrogen and oxygen atoms in total. The van der Waals surface area contributed by atoms with Crippen LogP contribution in [-0.4, -0.2) is 33.4 Å². The average Bonchev–Trinajstić information content (AvgIpc) is 2.85. The van der Waals surface area contributed by atoms with Crippen LogP contribution in [0.15, 0.2) is 18.2 Å². The van der Waals surface area contributed by atoms with Crippen molar-refractivity contribution in [3.63, 3.8) is 0 Å². The van der Waals surface area contributed by atoms with Crippen molar-refractivity contribution in [1.29, 1.82) is 0 Å². The highest BCUT2D eigenvalue weighted by Gasteiger charge is 2.11. The molecule has 2 rings (SSSR count). The third kappa shape index (κ3) is 4.00. The Kier molecular flexibility index (Phi) is 5.49. The second kappa shape index (κ2) is 7.39. The molecule has 3 heteroatoms. The van der Waals surface area contributed by atoms with E-state index in [-0.39, 0.29) is 0 Å². The highest BCUT2D eigenvalue weighted by molar-refractivity contribution is 5.39. The summed E-state index contributed by atoms with van der Waals surface area (Å²) in [5.74, 6) is 1.08. The van der Waals surface area contributed by atoms with E-state index >= 15 is 0 Å². The quantitative estimate of drug-likeness (QED) is 0.716. The first-order valence-electron chi connectivity index (χ1n) is 6.84. The summed E-state index contributed by atoms with van der Waals surface area (Å²) in [6.07, 6.45) is 4.69. The maximum atomic E-state index is 5.51. The zero-order valence-electron chi connectivity index (χ0n) is 11.2. The number of nitrogens with one attached hydrogen (secondary N) is 1. The predicted molar refractivity (Wildman–Crippen MR) is 73.3 cm³/mol. The molecule has 0 amide bonds. The largest absolute Gasteiger partial charge is 0.493 e. The van der Waals surface area contributed by atoms with E-state index in [9.17, 15) is 0 Å². The molecule has 0 radical (unpaired) electrons. The molecule has 18 heavy (non-hydrogen) atoms. The minimum Gasteiger partial charge on any atom is -0.493 e. The van der Waals surface area contributed by atoms with Gasteiger partial charge in [0.1, 0.15) is 5.75 Å². The summed E-state index contributed by atoms with van der Waals surface area (Å²) in [5, 5.41) is 3.37. The normalized spacial score (nSPS) is 13.4. The molecule has 1 N–H and O–H groups in total. The van der Waals surface area contributed by atoms with Gasteiger partial charge in [-0.25, -0.2) is 0 Å². The molecule has 0 bridgehead atoms. The fourth-order valence-electron chi connectivity index (χ4n) is 2.27. The number of hydrogen-bond donors (Lipinski definition) is 1. The highest BCUT2D eigenvalue weighted by atomic mass is 16.5. The molecule has 1 aliphatic heterocycles. The summed E-state index contributed by atoms with van der Waals surface area (Å²) < 4.78 is 10.5. The molecule has 0 unspecified atom stereocenters. The molecule has 1 aromatic rings. The number of aryl methyl sites for hydroxylation is 1. The maximum Gasteiger partial charge on any atom is 0.122 e. The number of benzene rings is 1. The first-order chi connectivity index (χ1) is 8.90. The van der Waals surface area contributed by atoms with Crippen LogP contribution in [0.2, 0.25) is 0 Å². The Labute approximate surface area is 109 Å². The van der Waals surface area contributed by atoms with E-state index in [1.54, 1.807) is 7.11 Å². The molecular formula is C15H23NO2. The molecule has 0 aromatic heterocycles. The van der Waals surface area contributed by atoms with Crippen LogP contribution in [-0.2, 0) is 17.6 Å². The van der Waals surface area contributed by atoms with E-state index in [1.807, 2.05) is 0 Å². The number of fused-ring (bicyclic) bond motifs is 1. The molecule has 0 fully saturated rings. The van der Waals surface area contributed by atoms with Gasteiger partial charge in [0.2, 0.25) is 0 Å². The van der Waals surface area contributed by atoms with Crippen LogP contribution in [0.5, 0.6) is 5.75 Å². The third-order valence-corrected chi connectivity index (χ3v) is 3.31. The van der Waals surface area contributed by atoms with Gasteiger partial charge in [-0.2, -0.15) is 0 Å². The van der Waals surface area contributed by atoms with Crippen molar-refractivity contribution < 1.29 is 9.47 Å². The Balaban J connectivity index is 1.62. The van der Waals surface area contributed by atoms with Crippen LogP contribution in [0.3, 0.4) is 0 Å². The number of methoxy groups -OCH3 is 1. The Hall–Kier alpha value is -1.06. The minimum absolute atomic E-state index is 0.796. The monoisotopic (exact) mass is 249 g/mol. The zero-order valence-corrected chi connectivity index (χ0v) is 11.2. The van der Waals surface area contributed by atoms with Crippen molar-refractivity contribution in [3.05, 3.63) is 29.3 Å². The first kappa shape index (κ1) is 13.4. The lowest BCUT2D eigenvalue weighted by Gasteiger charge is -2.05. The van der Waals surface area contributed by atoms with Crippen molar-refractivity contribution >= 4 is 0 Å². The van der Waals surface area contributed by atoms with Crippen molar-refractivity contribution in [1.82, 2.24) is 5.32 Å². The molecular weight excluding hydrogens is 226 g/mol. The summed E-state index contributed by atoms with van der Waals surface area (Å²) in [6.45, 7) is 3.68. The molecule has 1 aliphatic rings.